The van der Waals surface area contributed by atoms with E-state index in [1.54, 1.807) is 53.9 Å². The molecule has 7 aromatic rings. The number of H-pyrrole nitrogens is 1. The van der Waals surface area contributed by atoms with Gasteiger partial charge in [0, 0.05) is 86.7 Å². The number of carbonyl (C=O) groups excluding carboxylic acids is 1. The van der Waals surface area contributed by atoms with E-state index >= 15 is 0 Å². The minimum Gasteiger partial charge on any atom is -1.00 e. The zero-order valence-electron chi connectivity index (χ0n) is 42.5. The van der Waals surface area contributed by atoms with Crippen molar-refractivity contribution in [3.63, 3.8) is 0 Å². The Bertz CT molecular complexity index is 2910. The molecule has 0 saturated carbocycles. The fraction of sp³-hybridized carbons (Fsp3) is 0.260. The molecule has 0 radical (unpaired) electrons. The van der Waals surface area contributed by atoms with E-state index < -0.39 is 0 Å². The predicted molar refractivity (Wildman–Crippen MR) is 296 cm³/mol. The number of hydrogen-bond donors (Lipinski definition) is 2. The summed E-state index contributed by atoms with van der Waals surface area (Å²) < 4.78 is 3.65. The molecule has 0 aliphatic carbocycles. The van der Waals surface area contributed by atoms with Gasteiger partial charge >= 0.3 is 103 Å². The number of nitrogens with one attached hydrogen (secondary N) is 2. The van der Waals surface area contributed by atoms with Gasteiger partial charge in [0.1, 0.15) is 0 Å². The van der Waals surface area contributed by atoms with Crippen LogP contribution < -0.4 is 123 Å². The Morgan fingerprint density at radius 3 is 1.58 bits per heavy atom. The van der Waals surface area contributed by atoms with Gasteiger partial charge in [0.05, 0.1) is 110 Å². The van der Waals surface area contributed by atoms with Crippen LogP contribution in [0.4, 0.5) is 11.4 Å². The molecule has 0 amide bonds. The zero-order valence-corrected chi connectivity index (χ0v) is 54.6. The smallest absolute Gasteiger partial charge is 1.00 e. The Morgan fingerprint density at radius 2 is 1.18 bits per heavy atom. The van der Waals surface area contributed by atoms with Crippen molar-refractivity contribution in [2.45, 2.75) is 32.1 Å². The molecule has 0 unspecified atom stereocenters. The van der Waals surface area contributed by atoms with E-state index in [4.69, 9.17) is 107 Å². The van der Waals surface area contributed by atoms with Gasteiger partial charge in [-0.25, -0.2) is 0 Å². The average Bonchev–Trinajstić information content (AvgIpc) is 4.19. The second kappa shape index (κ2) is 39.2. The van der Waals surface area contributed by atoms with Crippen molar-refractivity contribution in [3.8, 4) is 18.2 Å². The Balaban J connectivity index is 0.000000548. The summed E-state index contributed by atoms with van der Waals surface area (Å²) in [5.41, 5.74) is 5.40. The molecule has 0 bridgehead atoms. The third kappa shape index (κ3) is 24.2. The third-order valence-electron chi connectivity index (χ3n) is 10.7. The molecule has 3 aromatic heterocycles. The van der Waals surface area contributed by atoms with E-state index in [1.807, 2.05) is 71.5 Å². The van der Waals surface area contributed by atoms with E-state index in [1.165, 1.54) is 18.1 Å². The minimum absolute atomic E-state index is 0. The van der Waals surface area contributed by atoms with E-state index in [-0.39, 0.29) is 123 Å². The maximum absolute atomic E-state index is 9.15. The molecule has 2 saturated heterocycles. The molecular weight excluding hydrogens is 1240 g/mol. The molecule has 2 atom stereocenters. The van der Waals surface area contributed by atoms with Gasteiger partial charge in [0.15, 0.2) is 0 Å². The number of carbonyl (C=O) groups is 1. The van der Waals surface area contributed by atoms with Crippen LogP contribution in [-0.4, -0.2) is 92.3 Å². The van der Waals surface area contributed by atoms with Crippen LogP contribution in [0.3, 0.4) is 0 Å². The first-order chi connectivity index (χ1) is 35.8. The Hall–Kier alpha value is -2.29. The minimum atomic E-state index is -0.181. The summed E-state index contributed by atoms with van der Waals surface area (Å²) in [6.07, 6.45) is 10.1. The van der Waals surface area contributed by atoms with Crippen molar-refractivity contribution in [2.75, 3.05) is 60.9 Å². The molecule has 16 nitrogen and oxygen atoms in total. The van der Waals surface area contributed by atoms with Gasteiger partial charge in [-0.1, -0.05) is 121 Å². The Labute approximate surface area is 572 Å². The van der Waals surface area contributed by atoms with E-state index in [0.29, 0.717) is 41.3 Å². The molecule has 390 valence electrons. The van der Waals surface area contributed by atoms with Crippen LogP contribution in [-0.2, 0) is 22.8 Å². The predicted octanol–water partition coefficient (Wildman–Crippen LogP) is 5.37. The van der Waals surface area contributed by atoms with Crippen LogP contribution >= 0.6 is 97.1 Å². The van der Waals surface area contributed by atoms with E-state index in [0.717, 1.165) is 80.6 Å². The van der Waals surface area contributed by atoms with Gasteiger partial charge < -0.3 is 26.7 Å². The topological polar surface area (TPSA) is 207 Å². The van der Waals surface area contributed by atoms with Crippen molar-refractivity contribution in [1.29, 1.82) is 15.8 Å². The van der Waals surface area contributed by atoms with Crippen molar-refractivity contribution in [3.05, 3.63) is 180 Å². The van der Waals surface area contributed by atoms with Crippen LogP contribution in [0.15, 0.2) is 122 Å². The van der Waals surface area contributed by atoms with Gasteiger partial charge in [-0.2, -0.15) is 31.1 Å². The van der Waals surface area contributed by atoms with Crippen molar-refractivity contribution in [1.82, 2.24) is 40.0 Å². The Kier molecular flexibility index (Phi) is 36.0. The number of nitriles is 3. The molecule has 26 heteroatoms. The number of rotatable bonds is 10. The van der Waals surface area contributed by atoms with Crippen molar-refractivity contribution < 1.29 is 119 Å². The maximum Gasteiger partial charge on any atom is 1.00 e. The number of aromatic amines is 1. The summed E-state index contributed by atoms with van der Waals surface area (Å²) in [5.74, 6) is 0. The number of aromatic nitrogens is 6. The second-order valence-electron chi connectivity index (χ2n) is 15.4. The molecule has 2 aliphatic heterocycles. The normalized spacial score (nSPS) is 14.2. The molecule has 2 aliphatic rings. The maximum atomic E-state index is 9.15. The van der Waals surface area contributed by atoms with E-state index in [9.17, 15) is 0 Å². The van der Waals surface area contributed by atoms with Crippen LogP contribution in [0.2, 0.25) is 35.2 Å². The average molecular weight is 1290 g/mol. The van der Waals surface area contributed by atoms with Gasteiger partial charge in [0.2, 0.25) is 0 Å². The number of piperazine rings is 2. The van der Waals surface area contributed by atoms with E-state index in [2.05, 4.69) is 85.5 Å². The van der Waals surface area contributed by atoms with Gasteiger partial charge in [0.25, 0.3) is 6.47 Å². The first kappa shape index (κ1) is 69.8. The molecule has 0 spiro atoms. The quantitative estimate of drug-likeness (QED) is 0.0582. The first-order valence-electron chi connectivity index (χ1n) is 22.2. The van der Waals surface area contributed by atoms with Gasteiger partial charge in [-0.3, -0.25) is 24.2 Å². The number of alkyl halides is 1. The molecule has 2 fully saturated rings. The molecule has 2 N–H and O–H groups in total. The summed E-state index contributed by atoms with van der Waals surface area (Å²) in [6, 6.07) is 33.1. The van der Waals surface area contributed by atoms with Crippen molar-refractivity contribution in [2.24, 2.45) is 0 Å². The molecule has 5 heterocycles. The summed E-state index contributed by atoms with van der Waals surface area (Å²) in [4.78, 5) is 18.3. The number of nitrogens with zero attached hydrogens (tertiary/aromatic N) is 11. The third-order valence-corrected chi connectivity index (χ3v) is 12.7. The summed E-state index contributed by atoms with van der Waals surface area (Å²) in [5, 5.41) is 57.2. The monoisotopic (exact) mass is 1280 g/mol. The number of aryl methyl sites for hydroxylation is 1. The molecular formula is C50H49BrCl7K2N13O3. The van der Waals surface area contributed by atoms with Gasteiger partial charge in [-0.15, -0.1) is 0 Å². The molecule has 9 rings (SSSR count). The molecule has 4 aromatic carbocycles. The number of anilines is 2. The zero-order chi connectivity index (χ0) is 53.8. The fourth-order valence-corrected chi connectivity index (χ4v) is 8.99. The first-order valence-corrected chi connectivity index (χ1v) is 26.0. The number of halogens is 8. The molecule has 76 heavy (non-hydrogen) atoms. The van der Waals surface area contributed by atoms with Crippen LogP contribution in [0.5, 0.6) is 0 Å². The van der Waals surface area contributed by atoms with Crippen molar-refractivity contribution >= 4 is 115 Å². The fourth-order valence-electron chi connectivity index (χ4n) is 7.38. The summed E-state index contributed by atoms with van der Waals surface area (Å²) in [7, 11) is 0. The van der Waals surface area contributed by atoms with Crippen LogP contribution in [0.1, 0.15) is 42.7 Å². The number of hydrogen-bond acceptors (Lipinski definition) is 13. The number of benzene rings is 4. The summed E-state index contributed by atoms with van der Waals surface area (Å²) >= 11 is 45.3. The van der Waals surface area contributed by atoms with Crippen LogP contribution in [0.25, 0.3) is 0 Å². The second-order valence-corrected chi connectivity index (χ2v) is 19.2. The van der Waals surface area contributed by atoms with Gasteiger partial charge in [-0.05, 0) is 71.8 Å². The largest absolute Gasteiger partial charge is 1.00 e. The standard InChI is InChI=1S/C22H20Cl3N5.C17H15Cl2N3.C5H6BrClN2.C3H3ClN2.C2H3N.CH2O3.2K.H/c23-18-4-2-17(3-5-18)22-15-28(7-9-29-14-19(24)13-27-29)8-10-30(22)21-6-1-16(12-26)11-20(21)25;18-14-4-2-13(3-5-14)17-11-21-7-8-22(17)16-6-1-12(10-20)9-15(16)19;6-1-2-9-4-5(7)3-8-9;4-3-1-5-6-2-3;1-2-3;2-1-4-3;;;/h1-6,11,13-14,22H,7-10,15H2;1-6,9,17,21H,7-8,11H2;3-4H,1-2H2;1-2H,(H,5,6);1H3;1,3H;;;/q;;;;;;2*+1;-1/p-1/t22-;17-;;;;;;;/m00......./s1. The van der Waals surface area contributed by atoms with Crippen LogP contribution in [0, 0.1) is 34.0 Å². The Morgan fingerprint density at radius 1 is 0.697 bits per heavy atom. The SMILES string of the molecule is CC#N.Clc1cn[nH]c1.Clc1cnn(CCBr)c1.N#Cc1ccc(N2CCN(CCn3cc(Cl)cn3)C[C@H]2c2ccc(Cl)cc2)c(Cl)c1.N#Cc1ccc(N2CCNC[C@H]2c2ccc(Cl)cc2)c(Cl)c1.O=CO[O-].[H-].[K+].[K+]. The summed E-state index contributed by atoms with van der Waals surface area (Å²) in [6.45, 7) is 8.93.